The largest absolute Gasteiger partial charge is 0.763 e. The average Bonchev–Trinajstić information content (AvgIpc) is 2.67. The minimum Gasteiger partial charge on any atom is -0.763 e. The Bertz CT molecular complexity index is 1080. The van der Waals surface area contributed by atoms with Gasteiger partial charge in [-0.2, -0.15) is 22.0 Å². The molecular weight excluding hydrogens is 472 g/mol. The maximum absolute atomic E-state index is 14.1. The van der Waals surface area contributed by atoms with Gasteiger partial charge in [0.2, 0.25) is 5.82 Å². The number of hydrogen-bond acceptors (Lipinski definition) is 0. The molecule has 0 atom stereocenters. The minimum atomic E-state index is -6.78. The standard InChI is InChI=1S/C16F14N/c17-6-3(2(1-31)4-8(19)12(23)14(25)13(24)9(4)20)7(18)11(22)5(10(6)21)15(26,27)16(28,29)30/q-1. The van der Waals surface area contributed by atoms with Crippen LogP contribution in [-0.2, 0) is 5.92 Å². The topological polar surface area (TPSA) is 22.3 Å². The lowest BCUT2D eigenvalue weighted by Crippen LogP contribution is -2.36. The molecular formula is C16F14N-. The molecule has 168 valence electrons. The van der Waals surface area contributed by atoms with Gasteiger partial charge >= 0.3 is 12.1 Å². The molecule has 0 bridgehead atoms. The highest BCUT2D eigenvalue weighted by atomic mass is 19.4. The molecule has 0 amide bonds. The number of rotatable bonds is 3. The fraction of sp³-hybridized carbons (Fsp3) is 0.125. The molecule has 15 heteroatoms. The van der Waals surface area contributed by atoms with Crippen molar-refractivity contribution in [1.82, 2.24) is 0 Å². The average molecular weight is 472 g/mol. The van der Waals surface area contributed by atoms with E-state index >= 15 is 0 Å². The molecule has 0 aliphatic rings. The first-order chi connectivity index (χ1) is 14.0. The lowest BCUT2D eigenvalue weighted by molar-refractivity contribution is -0.291. The summed E-state index contributed by atoms with van der Waals surface area (Å²) in [5.41, 5.74) is -10.9. The van der Waals surface area contributed by atoms with E-state index in [1.165, 1.54) is 0 Å². The molecule has 2 aromatic rings. The zero-order valence-electron chi connectivity index (χ0n) is 13.7. The van der Waals surface area contributed by atoms with Crippen LogP contribution >= 0.6 is 0 Å². The van der Waals surface area contributed by atoms with Crippen molar-refractivity contribution in [2.24, 2.45) is 0 Å². The Kier molecular flexibility index (Phi) is 5.89. The highest BCUT2D eigenvalue weighted by molar-refractivity contribution is 6.00. The van der Waals surface area contributed by atoms with Crippen molar-refractivity contribution >= 4 is 11.4 Å². The molecule has 0 spiro atoms. The molecule has 0 heterocycles. The summed E-state index contributed by atoms with van der Waals surface area (Å²) in [5, 5.41) is 8.86. The molecule has 0 N–H and O–H groups in total. The van der Waals surface area contributed by atoms with Gasteiger partial charge in [0.25, 0.3) is 0 Å². The maximum Gasteiger partial charge on any atom is 0.458 e. The van der Waals surface area contributed by atoms with Gasteiger partial charge in [-0.15, -0.1) is 0 Å². The third-order valence-corrected chi connectivity index (χ3v) is 3.75. The Hall–Kier alpha value is -3.09. The Morgan fingerprint density at radius 2 is 0.806 bits per heavy atom. The van der Waals surface area contributed by atoms with Gasteiger partial charge in [0.1, 0.15) is 5.56 Å². The first-order valence-electron chi connectivity index (χ1n) is 7.12. The summed E-state index contributed by atoms with van der Waals surface area (Å²) in [7, 11) is 0. The van der Waals surface area contributed by atoms with Crippen molar-refractivity contribution in [3.8, 4) is 0 Å². The molecule has 0 aliphatic heterocycles. The summed E-state index contributed by atoms with van der Waals surface area (Å²) in [4.78, 5) is 0. The van der Waals surface area contributed by atoms with Crippen molar-refractivity contribution in [2.45, 2.75) is 12.1 Å². The van der Waals surface area contributed by atoms with Gasteiger partial charge in [-0.1, -0.05) is 0 Å². The van der Waals surface area contributed by atoms with Gasteiger partial charge in [0, 0.05) is 5.57 Å². The Balaban J connectivity index is 3.00. The second kappa shape index (κ2) is 7.55. The van der Waals surface area contributed by atoms with Crippen LogP contribution in [0.2, 0.25) is 0 Å². The molecule has 1 nitrogen and oxygen atoms in total. The monoisotopic (exact) mass is 472 g/mol. The predicted octanol–water partition coefficient (Wildman–Crippen LogP) is 6.26. The van der Waals surface area contributed by atoms with Gasteiger partial charge in [0.05, 0.1) is 11.1 Å². The van der Waals surface area contributed by atoms with Crippen molar-refractivity contribution < 1.29 is 61.5 Å². The molecule has 0 radical (unpaired) electrons. The Morgan fingerprint density at radius 3 is 1.10 bits per heavy atom. The van der Waals surface area contributed by atoms with Gasteiger partial charge in [0.15, 0.2) is 46.5 Å². The number of alkyl halides is 5. The highest BCUT2D eigenvalue weighted by Gasteiger charge is 2.62. The van der Waals surface area contributed by atoms with Crippen molar-refractivity contribution in [1.29, 1.82) is 0 Å². The van der Waals surface area contributed by atoms with Crippen LogP contribution < -0.4 is 0 Å². The van der Waals surface area contributed by atoms with E-state index < -0.39 is 86.7 Å². The van der Waals surface area contributed by atoms with E-state index in [0.29, 0.717) is 5.87 Å². The van der Waals surface area contributed by atoms with Gasteiger partial charge in [-0.05, 0) is 0 Å². The smallest absolute Gasteiger partial charge is 0.458 e. The zero-order chi connectivity index (χ0) is 24.2. The Morgan fingerprint density at radius 1 is 0.516 bits per heavy atom. The quantitative estimate of drug-likeness (QED) is 0.218. The summed E-state index contributed by atoms with van der Waals surface area (Å²) >= 11 is 0. The van der Waals surface area contributed by atoms with Crippen LogP contribution in [0.1, 0.15) is 16.7 Å². The van der Waals surface area contributed by atoms with Gasteiger partial charge in [-0.25, -0.2) is 39.5 Å². The Labute approximate surface area is 160 Å². The van der Waals surface area contributed by atoms with Crippen LogP contribution in [0.15, 0.2) is 0 Å². The van der Waals surface area contributed by atoms with E-state index in [4.69, 9.17) is 5.41 Å². The van der Waals surface area contributed by atoms with Crippen molar-refractivity contribution in [2.75, 3.05) is 0 Å². The fourth-order valence-electron chi connectivity index (χ4n) is 2.33. The maximum atomic E-state index is 14.1. The number of benzene rings is 2. The summed E-state index contributed by atoms with van der Waals surface area (Å²) in [6.45, 7) is 0. The molecule has 31 heavy (non-hydrogen) atoms. The number of nitrogens with zero attached hydrogens (tertiary/aromatic N) is 1. The zero-order valence-corrected chi connectivity index (χ0v) is 13.7. The summed E-state index contributed by atoms with van der Waals surface area (Å²) in [5.74, 6) is -33.5. The van der Waals surface area contributed by atoms with E-state index in [9.17, 15) is 61.5 Å². The van der Waals surface area contributed by atoms with Gasteiger partial charge < -0.3 is 5.41 Å². The van der Waals surface area contributed by atoms with Crippen molar-refractivity contribution in [3.05, 3.63) is 74.5 Å². The lowest BCUT2D eigenvalue weighted by Gasteiger charge is -2.23. The molecule has 0 saturated carbocycles. The van der Waals surface area contributed by atoms with E-state index in [-0.39, 0.29) is 0 Å². The second-order valence-corrected chi connectivity index (χ2v) is 5.51. The summed E-state index contributed by atoms with van der Waals surface area (Å²) < 4.78 is 187. The highest BCUT2D eigenvalue weighted by Crippen LogP contribution is 2.48. The predicted molar refractivity (Wildman–Crippen MR) is 73.3 cm³/mol. The molecule has 2 rings (SSSR count). The molecule has 0 aromatic heterocycles. The minimum absolute atomic E-state index is 0.473. The molecule has 0 unspecified atom stereocenters. The fourth-order valence-corrected chi connectivity index (χ4v) is 2.33. The third kappa shape index (κ3) is 3.42. The molecule has 0 aliphatic carbocycles. The number of halogens is 14. The van der Waals surface area contributed by atoms with Crippen LogP contribution in [0.3, 0.4) is 0 Å². The lowest BCUT2D eigenvalue weighted by atomic mass is 9.93. The van der Waals surface area contributed by atoms with E-state index in [1.54, 1.807) is 0 Å². The molecule has 2 aromatic carbocycles. The van der Waals surface area contributed by atoms with Crippen LogP contribution in [-0.4, -0.2) is 12.0 Å². The van der Waals surface area contributed by atoms with E-state index in [2.05, 4.69) is 0 Å². The SMILES string of the molecule is [N-]=C=C(c1c(F)c(F)c(F)c(F)c1F)c1c(F)c(F)c(C(F)(F)C(F)(F)F)c(F)c1F. The van der Waals surface area contributed by atoms with Crippen LogP contribution in [0.25, 0.3) is 11.0 Å². The molecule has 0 saturated heterocycles. The number of hydrogen-bond donors (Lipinski definition) is 0. The first-order valence-corrected chi connectivity index (χ1v) is 7.12. The van der Waals surface area contributed by atoms with E-state index in [1.807, 2.05) is 0 Å². The summed E-state index contributed by atoms with van der Waals surface area (Å²) in [6.07, 6.45) is -6.78. The van der Waals surface area contributed by atoms with Crippen LogP contribution in [0, 0.1) is 52.4 Å². The molecule has 0 fully saturated rings. The first kappa shape index (κ1) is 24.2. The second-order valence-electron chi connectivity index (χ2n) is 5.51. The van der Waals surface area contributed by atoms with Crippen LogP contribution in [0.5, 0.6) is 0 Å². The van der Waals surface area contributed by atoms with E-state index in [0.717, 1.165) is 0 Å². The summed E-state index contributed by atoms with van der Waals surface area (Å²) in [6, 6.07) is 0. The van der Waals surface area contributed by atoms with Crippen LogP contribution in [0.4, 0.5) is 61.5 Å². The third-order valence-electron chi connectivity index (χ3n) is 3.75. The van der Waals surface area contributed by atoms with Gasteiger partial charge in [-0.3, -0.25) is 5.87 Å². The van der Waals surface area contributed by atoms with Crippen molar-refractivity contribution in [3.63, 3.8) is 0 Å². The normalized spacial score (nSPS) is 12.2.